The van der Waals surface area contributed by atoms with E-state index < -0.39 is 24.4 Å². The molecular weight excluding hydrogens is 386 g/mol. The summed E-state index contributed by atoms with van der Waals surface area (Å²) in [6.45, 7) is -0.554. The molecule has 7 heteroatoms. The third kappa shape index (κ3) is 4.81. The molecule has 0 fully saturated rings. The maximum absolute atomic E-state index is 11.8. The van der Waals surface area contributed by atoms with Gasteiger partial charge in [0.15, 0.2) is 6.61 Å². The average Bonchev–Trinajstić information content (AvgIpc) is 3.01. The topological polar surface area (TPSA) is 72.5 Å². The van der Waals surface area contributed by atoms with Crippen LogP contribution in [0.2, 0.25) is 5.02 Å². The number of halogens is 1. The molecule has 0 atom stereocenters. The smallest absolute Gasteiger partial charge is 0.331 e. The van der Waals surface area contributed by atoms with Crippen molar-refractivity contribution >= 4 is 56.9 Å². The highest BCUT2D eigenvalue weighted by atomic mass is 35.5. The second-order valence-electron chi connectivity index (χ2n) is 5.46. The number of imide groups is 1. The standard InChI is InChI=1S/C20H14ClNO4S/c21-19-14-8-4-5-9-15(14)27-16(19)10-11-18(24)26-12-17(23)22-20(25)13-6-2-1-3-7-13/h1-11H,12H2,(H,22,23,25)/b11-10+. The summed E-state index contributed by atoms with van der Waals surface area (Å²) in [4.78, 5) is 36.1. The SMILES string of the molecule is O=C(COC(=O)/C=C/c1sc2ccccc2c1Cl)NC(=O)c1ccccc1. The largest absolute Gasteiger partial charge is 0.452 e. The Bertz CT molecular complexity index is 1030. The summed E-state index contributed by atoms with van der Waals surface area (Å²) >= 11 is 7.73. The Morgan fingerprint density at radius 3 is 2.48 bits per heavy atom. The minimum absolute atomic E-state index is 0.344. The number of carbonyl (C=O) groups excluding carboxylic acids is 3. The molecule has 0 aliphatic carbocycles. The highest BCUT2D eigenvalue weighted by Crippen LogP contribution is 2.35. The minimum Gasteiger partial charge on any atom is -0.452 e. The minimum atomic E-state index is -0.703. The number of nitrogens with one attached hydrogen (secondary N) is 1. The van der Waals surface area contributed by atoms with E-state index in [4.69, 9.17) is 16.3 Å². The van der Waals surface area contributed by atoms with E-state index in [1.54, 1.807) is 36.4 Å². The Hall–Kier alpha value is -2.96. The van der Waals surface area contributed by atoms with E-state index in [0.29, 0.717) is 10.6 Å². The highest BCUT2D eigenvalue weighted by Gasteiger charge is 2.12. The summed E-state index contributed by atoms with van der Waals surface area (Å²) in [7, 11) is 0. The summed E-state index contributed by atoms with van der Waals surface area (Å²) < 4.78 is 5.86. The fourth-order valence-corrected chi connectivity index (χ4v) is 3.69. The van der Waals surface area contributed by atoms with Crippen LogP contribution in [0.25, 0.3) is 16.2 Å². The zero-order valence-corrected chi connectivity index (χ0v) is 15.5. The van der Waals surface area contributed by atoms with Crippen LogP contribution < -0.4 is 5.32 Å². The molecule has 2 aromatic carbocycles. The predicted molar refractivity (Wildman–Crippen MR) is 106 cm³/mol. The lowest BCUT2D eigenvalue weighted by Crippen LogP contribution is -2.33. The van der Waals surface area contributed by atoms with Crippen molar-refractivity contribution in [3.63, 3.8) is 0 Å². The van der Waals surface area contributed by atoms with E-state index in [2.05, 4.69) is 5.32 Å². The van der Waals surface area contributed by atoms with Gasteiger partial charge in [0.2, 0.25) is 0 Å². The van der Waals surface area contributed by atoms with Gasteiger partial charge in [-0.1, -0.05) is 48.0 Å². The number of fused-ring (bicyclic) bond motifs is 1. The summed E-state index contributed by atoms with van der Waals surface area (Å²) in [6, 6.07) is 15.9. The van der Waals surface area contributed by atoms with Crippen LogP contribution in [0.1, 0.15) is 15.2 Å². The molecule has 1 aromatic heterocycles. The van der Waals surface area contributed by atoms with E-state index in [1.165, 1.54) is 17.4 Å². The van der Waals surface area contributed by atoms with Crippen molar-refractivity contribution in [2.24, 2.45) is 0 Å². The number of ether oxygens (including phenoxy) is 1. The lowest BCUT2D eigenvalue weighted by Gasteiger charge is -2.04. The number of esters is 1. The first-order valence-corrected chi connectivity index (χ1v) is 9.15. The fourth-order valence-electron chi connectivity index (χ4n) is 2.29. The monoisotopic (exact) mass is 399 g/mol. The van der Waals surface area contributed by atoms with E-state index in [-0.39, 0.29) is 0 Å². The van der Waals surface area contributed by atoms with Gasteiger partial charge in [-0.15, -0.1) is 11.3 Å². The quantitative estimate of drug-likeness (QED) is 0.518. The molecule has 1 N–H and O–H groups in total. The molecular formula is C20H14ClNO4S. The van der Waals surface area contributed by atoms with E-state index in [9.17, 15) is 14.4 Å². The lowest BCUT2D eigenvalue weighted by molar-refractivity contribution is -0.143. The number of amides is 2. The molecule has 0 aliphatic rings. The van der Waals surface area contributed by atoms with Gasteiger partial charge < -0.3 is 4.74 Å². The van der Waals surface area contributed by atoms with Crippen LogP contribution in [0, 0.1) is 0 Å². The van der Waals surface area contributed by atoms with Crippen molar-refractivity contribution in [2.45, 2.75) is 0 Å². The van der Waals surface area contributed by atoms with Crippen molar-refractivity contribution in [1.82, 2.24) is 5.32 Å². The second kappa shape index (κ2) is 8.62. The van der Waals surface area contributed by atoms with Crippen molar-refractivity contribution in [3.05, 3.63) is 76.1 Å². The van der Waals surface area contributed by atoms with Gasteiger partial charge >= 0.3 is 5.97 Å². The van der Waals surface area contributed by atoms with Gasteiger partial charge in [-0.25, -0.2) is 4.79 Å². The molecule has 3 rings (SSSR count). The van der Waals surface area contributed by atoms with Crippen LogP contribution in [-0.4, -0.2) is 24.4 Å². The number of rotatable bonds is 5. The van der Waals surface area contributed by atoms with Crippen molar-refractivity contribution in [1.29, 1.82) is 0 Å². The summed E-state index contributed by atoms with van der Waals surface area (Å²) in [5.74, 6) is -1.96. The average molecular weight is 400 g/mol. The van der Waals surface area contributed by atoms with Crippen LogP contribution in [0.3, 0.4) is 0 Å². The Morgan fingerprint density at radius 1 is 1.04 bits per heavy atom. The van der Waals surface area contributed by atoms with Gasteiger partial charge in [-0.05, 0) is 24.3 Å². The van der Waals surface area contributed by atoms with Crippen molar-refractivity contribution in [2.75, 3.05) is 6.61 Å². The molecule has 27 heavy (non-hydrogen) atoms. The molecule has 0 bridgehead atoms. The third-order valence-corrected chi connectivity index (χ3v) is 5.22. The second-order valence-corrected chi connectivity index (χ2v) is 6.92. The Balaban J connectivity index is 1.53. The van der Waals surface area contributed by atoms with Gasteiger partial charge in [0, 0.05) is 26.6 Å². The van der Waals surface area contributed by atoms with E-state index in [1.807, 2.05) is 24.3 Å². The highest BCUT2D eigenvalue weighted by molar-refractivity contribution is 7.20. The Labute approximate surface area is 164 Å². The predicted octanol–water partition coefficient (Wildman–Crippen LogP) is 4.07. The number of thiophene rings is 1. The number of hydrogen-bond acceptors (Lipinski definition) is 5. The van der Waals surface area contributed by atoms with Crippen LogP contribution in [0.4, 0.5) is 0 Å². The number of hydrogen-bond donors (Lipinski definition) is 1. The van der Waals surface area contributed by atoms with Crippen LogP contribution in [0.15, 0.2) is 60.7 Å². The molecule has 0 spiro atoms. The normalized spacial score (nSPS) is 10.9. The summed E-state index contributed by atoms with van der Waals surface area (Å²) in [5.41, 5.74) is 0.344. The number of carbonyl (C=O) groups is 3. The van der Waals surface area contributed by atoms with Gasteiger partial charge in [-0.2, -0.15) is 0 Å². The maximum atomic E-state index is 11.8. The first-order chi connectivity index (χ1) is 13.0. The molecule has 0 saturated heterocycles. The molecule has 136 valence electrons. The maximum Gasteiger partial charge on any atom is 0.331 e. The first-order valence-electron chi connectivity index (χ1n) is 7.95. The van der Waals surface area contributed by atoms with Gasteiger partial charge in [0.1, 0.15) is 0 Å². The third-order valence-electron chi connectivity index (χ3n) is 3.57. The van der Waals surface area contributed by atoms with Gasteiger partial charge in [0.05, 0.1) is 5.02 Å². The zero-order chi connectivity index (χ0) is 19.2. The van der Waals surface area contributed by atoms with Gasteiger partial charge in [-0.3, -0.25) is 14.9 Å². The molecule has 3 aromatic rings. The van der Waals surface area contributed by atoms with E-state index >= 15 is 0 Å². The molecule has 0 aliphatic heterocycles. The van der Waals surface area contributed by atoms with Gasteiger partial charge in [0.25, 0.3) is 11.8 Å². The molecule has 0 unspecified atom stereocenters. The summed E-state index contributed by atoms with van der Waals surface area (Å²) in [5, 5.41) is 3.63. The summed E-state index contributed by atoms with van der Waals surface area (Å²) in [6.07, 6.45) is 2.74. The first kappa shape index (κ1) is 18.8. The molecule has 2 amide bonds. The van der Waals surface area contributed by atoms with Crippen molar-refractivity contribution < 1.29 is 19.1 Å². The Kier molecular flexibility index (Phi) is 6.01. The molecule has 1 heterocycles. The molecule has 0 radical (unpaired) electrons. The lowest BCUT2D eigenvalue weighted by atomic mass is 10.2. The van der Waals surface area contributed by atoms with Crippen LogP contribution >= 0.6 is 22.9 Å². The van der Waals surface area contributed by atoms with Crippen LogP contribution in [0.5, 0.6) is 0 Å². The zero-order valence-electron chi connectivity index (χ0n) is 14.0. The molecule has 0 saturated carbocycles. The molecule has 5 nitrogen and oxygen atoms in total. The van der Waals surface area contributed by atoms with Crippen LogP contribution in [-0.2, 0) is 14.3 Å². The fraction of sp³-hybridized carbons (Fsp3) is 0.0500. The Morgan fingerprint density at radius 2 is 1.74 bits per heavy atom. The number of benzene rings is 2. The van der Waals surface area contributed by atoms with Crippen molar-refractivity contribution in [3.8, 4) is 0 Å². The van der Waals surface area contributed by atoms with E-state index in [0.717, 1.165) is 15.0 Å².